The molecule has 1 aromatic rings. The lowest BCUT2D eigenvalue weighted by Crippen LogP contribution is -2.68. The number of hydrogen-bond acceptors (Lipinski definition) is 6. The molecule has 0 aromatic heterocycles. The first-order valence-corrected chi connectivity index (χ1v) is 8.91. The molecule has 0 bridgehead atoms. The van der Waals surface area contributed by atoms with Gasteiger partial charge in [0.2, 0.25) is 0 Å². The summed E-state index contributed by atoms with van der Waals surface area (Å²) in [7, 11) is 3.20. The van der Waals surface area contributed by atoms with Gasteiger partial charge in [-0.3, -0.25) is 4.79 Å². The molecule has 1 saturated carbocycles. The van der Waals surface area contributed by atoms with E-state index in [1.807, 2.05) is 0 Å². The zero-order chi connectivity index (χ0) is 20.6. The quantitative estimate of drug-likeness (QED) is 0.472. The maximum absolute atomic E-state index is 12.2. The minimum atomic E-state index is -1.47. The van der Waals surface area contributed by atoms with Crippen LogP contribution in [0.3, 0.4) is 0 Å². The first-order chi connectivity index (χ1) is 12.5. The van der Waals surface area contributed by atoms with Gasteiger partial charge in [0, 0.05) is 31.3 Å². The molecule has 0 radical (unpaired) electrons. The van der Waals surface area contributed by atoms with Crippen LogP contribution < -0.4 is 16.4 Å². The zero-order valence-corrected chi connectivity index (χ0v) is 16.5. The summed E-state index contributed by atoms with van der Waals surface area (Å²) in [5.41, 5.74) is 5.00. The second-order valence-electron chi connectivity index (χ2n) is 7.80. The van der Waals surface area contributed by atoms with E-state index in [4.69, 9.17) is 5.73 Å². The maximum atomic E-state index is 12.2. The van der Waals surface area contributed by atoms with Crippen LogP contribution in [0, 0.1) is 5.92 Å². The Bertz CT molecular complexity index is 721. The molecule has 2 rings (SSSR count). The predicted octanol–water partition coefficient (Wildman–Crippen LogP) is 0.400. The van der Waals surface area contributed by atoms with Crippen molar-refractivity contribution >= 4 is 17.5 Å². The van der Waals surface area contributed by atoms with Crippen molar-refractivity contribution in [1.29, 1.82) is 0 Å². The number of nitrogens with zero attached hydrogens (tertiary/aromatic N) is 1. The maximum Gasteiger partial charge on any atom is 0.317 e. The van der Waals surface area contributed by atoms with E-state index in [9.17, 15) is 19.8 Å². The molecular weight excluding hydrogens is 348 g/mol. The van der Waals surface area contributed by atoms with Crippen molar-refractivity contribution in [1.82, 2.24) is 10.2 Å². The second kappa shape index (κ2) is 7.46. The van der Waals surface area contributed by atoms with Gasteiger partial charge in [-0.05, 0) is 32.9 Å². The van der Waals surface area contributed by atoms with E-state index in [0.717, 1.165) is 0 Å². The Morgan fingerprint density at radius 3 is 2.44 bits per heavy atom. The van der Waals surface area contributed by atoms with Gasteiger partial charge in [-0.15, -0.1) is 0 Å². The number of carbonyl (C=O) groups is 2. The van der Waals surface area contributed by atoms with Crippen molar-refractivity contribution in [2.75, 3.05) is 26.0 Å². The molecule has 1 aromatic carbocycles. The van der Waals surface area contributed by atoms with Gasteiger partial charge in [-0.2, -0.15) is 0 Å². The first kappa shape index (κ1) is 21.1. The number of aliphatic hydroxyl groups excluding tert-OH is 1. The molecule has 27 heavy (non-hydrogen) atoms. The minimum Gasteiger partial charge on any atom is -0.396 e. The molecule has 0 heterocycles. The Morgan fingerprint density at radius 1 is 1.30 bits per heavy atom. The summed E-state index contributed by atoms with van der Waals surface area (Å²) < 4.78 is 0. The number of aliphatic hydroxyl groups is 2. The predicted molar refractivity (Wildman–Crippen MR) is 104 cm³/mol. The van der Waals surface area contributed by atoms with Crippen molar-refractivity contribution in [2.45, 2.75) is 44.0 Å². The van der Waals surface area contributed by atoms with Gasteiger partial charge in [0.1, 0.15) is 0 Å². The van der Waals surface area contributed by atoms with Crippen LogP contribution in [0.2, 0.25) is 0 Å². The van der Waals surface area contributed by atoms with Crippen LogP contribution in [0.1, 0.15) is 31.1 Å². The third-order valence-corrected chi connectivity index (χ3v) is 5.83. The summed E-state index contributed by atoms with van der Waals surface area (Å²) >= 11 is 0. The number of nitrogens with one attached hydrogen (secondary N) is 2. The third-order valence-electron chi connectivity index (χ3n) is 5.83. The summed E-state index contributed by atoms with van der Waals surface area (Å²) in [4.78, 5) is 25.2. The lowest BCUT2D eigenvalue weighted by atomic mass is 9.80. The fourth-order valence-corrected chi connectivity index (χ4v) is 3.73. The third kappa shape index (κ3) is 3.65. The van der Waals surface area contributed by atoms with Crippen molar-refractivity contribution in [3.05, 3.63) is 29.8 Å². The molecule has 8 nitrogen and oxygen atoms in total. The summed E-state index contributed by atoms with van der Waals surface area (Å²) in [5, 5.41) is 27.2. The Morgan fingerprint density at radius 2 is 1.93 bits per heavy atom. The van der Waals surface area contributed by atoms with Crippen LogP contribution >= 0.6 is 0 Å². The van der Waals surface area contributed by atoms with E-state index in [1.165, 1.54) is 11.8 Å². The van der Waals surface area contributed by atoms with Crippen molar-refractivity contribution in [3.8, 4) is 0 Å². The van der Waals surface area contributed by atoms with E-state index >= 15 is 0 Å². The number of benzene rings is 1. The number of hydrogen-bond donors (Lipinski definition) is 5. The van der Waals surface area contributed by atoms with E-state index in [1.54, 1.807) is 52.2 Å². The van der Waals surface area contributed by atoms with Crippen LogP contribution in [0.5, 0.6) is 0 Å². The monoisotopic (exact) mass is 378 g/mol. The average molecular weight is 378 g/mol. The molecule has 1 fully saturated rings. The Hall–Kier alpha value is -2.16. The first-order valence-electron chi connectivity index (χ1n) is 8.91. The van der Waals surface area contributed by atoms with Crippen molar-refractivity contribution in [3.63, 3.8) is 0 Å². The van der Waals surface area contributed by atoms with Crippen LogP contribution in [0.15, 0.2) is 24.3 Å². The molecule has 0 saturated heterocycles. The highest BCUT2D eigenvalue weighted by Crippen LogP contribution is 2.44. The Balaban J connectivity index is 2.38. The Kier molecular flexibility index (Phi) is 5.84. The molecule has 5 atom stereocenters. The smallest absolute Gasteiger partial charge is 0.317 e. The molecule has 150 valence electrons. The lowest BCUT2D eigenvalue weighted by Gasteiger charge is -2.42. The van der Waals surface area contributed by atoms with Crippen molar-refractivity contribution in [2.24, 2.45) is 11.7 Å². The fraction of sp³-hybridized carbons (Fsp3) is 0.579. The van der Waals surface area contributed by atoms with E-state index in [0.29, 0.717) is 11.3 Å². The molecule has 0 spiro atoms. The number of ketones is 1. The molecule has 0 aliphatic heterocycles. The minimum absolute atomic E-state index is 0.0665. The number of urea groups is 1. The van der Waals surface area contributed by atoms with Gasteiger partial charge in [0.25, 0.3) is 0 Å². The van der Waals surface area contributed by atoms with Crippen LogP contribution in [-0.4, -0.2) is 70.9 Å². The second-order valence-corrected chi connectivity index (χ2v) is 7.80. The number of Topliss-reactive ketones (excluding diaryl/α,β-unsaturated/α-hetero) is 1. The normalized spacial score (nSPS) is 32.8. The molecule has 1 aliphatic rings. The lowest BCUT2D eigenvalue weighted by molar-refractivity contribution is -0.0551. The highest BCUT2D eigenvalue weighted by atomic mass is 16.3. The van der Waals surface area contributed by atoms with Crippen LogP contribution in [0.25, 0.3) is 0 Å². The van der Waals surface area contributed by atoms with E-state index < -0.39 is 29.1 Å². The number of anilines is 1. The molecule has 0 unspecified atom stereocenters. The molecule has 8 heteroatoms. The summed E-state index contributed by atoms with van der Waals surface area (Å²) in [6.07, 6.45) is 0. The number of carbonyl (C=O) groups excluding carboxylic acids is 2. The summed E-state index contributed by atoms with van der Waals surface area (Å²) in [6, 6.07) is 5.34. The summed E-state index contributed by atoms with van der Waals surface area (Å²) in [6.45, 7) is 4.40. The molecular formula is C19H30N4O4. The zero-order valence-electron chi connectivity index (χ0n) is 16.5. The van der Waals surface area contributed by atoms with Gasteiger partial charge in [-0.25, -0.2) is 4.79 Å². The molecule has 2 amide bonds. The van der Waals surface area contributed by atoms with Gasteiger partial charge < -0.3 is 31.5 Å². The topological polar surface area (TPSA) is 128 Å². The standard InChI is InChI=1S/C19H30N4O4/c1-11(25)12-7-6-8-13(9-12)21-15-14(10-24)19(3,27)18(2,16(15)20)22-17(26)23(4)5/h6-9,14-16,21,24,27H,10,20H2,1-5H3,(H,22,26)/t14-,15+,16-,18-,19-/m0/s1. The average Bonchev–Trinajstić information content (AvgIpc) is 2.72. The number of amides is 2. The highest BCUT2D eigenvalue weighted by molar-refractivity contribution is 5.94. The SMILES string of the molecule is CC(=O)c1cccc(N[C@@H]2[C@H](CO)[C@](C)(O)[C@@](C)(NC(=O)N(C)C)[C@H]2N)c1. The number of nitrogens with two attached hydrogens (primary N) is 1. The fourth-order valence-electron chi connectivity index (χ4n) is 3.73. The number of rotatable bonds is 5. The van der Waals surface area contributed by atoms with Crippen LogP contribution in [0.4, 0.5) is 10.5 Å². The highest BCUT2D eigenvalue weighted by Gasteiger charge is 2.64. The van der Waals surface area contributed by atoms with Crippen molar-refractivity contribution < 1.29 is 19.8 Å². The van der Waals surface area contributed by atoms with E-state index in [2.05, 4.69) is 10.6 Å². The van der Waals surface area contributed by atoms with Gasteiger partial charge in [0.15, 0.2) is 5.78 Å². The van der Waals surface area contributed by atoms with Gasteiger partial charge >= 0.3 is 6.03 Å². The van der Waals surface area contributed by atoms with Gasteiger partial charge in [-0.1, -0.05) is 12.1 Å². The summed E-state index contributed by atoms with van der Waals surface area (Å²) in [5.74, 6) is -0.705. The largest absolute Gasteiger partial charge is 0.396 e. The molecule has 1 aliphatic carbocycles. The van der Waals surface area contributed by atoms with Gasteiger partial charge in [0.05, 0.1) is 29.8 Å². The molecule has 6 N–H and O–H groups in total. The van der Waals surface area contributed by atoms with Crippen LogP contribution in [-0.2, 0) is 0 Å². The van der Waals surface area contributed by atoms with E-state index in [-0.39, 0.29) is 18.4 Å². The Labute approximate surface area is 159 Å².